The highest BCUT2D eigenvalue weighted by atomic mass is 32.2. The molecule has 0 bridgehead atoms. The Morgan fingerprint density at radius 2 is 1.97 bits per heavy atom. The summed E-state index contributed by atoms with van der Waals surface area (Å²) in [5.41, 5.74) is 0.774. The summed E-state index contributed by atoms with van der Waals surface area (Å²) in [6, 6.07) is 8.38. The summed E-state index contributed by atoms with van der Waals surface area (Å²) < 4.78 is 34.7. The van der Waals surface area contributed by atoms with Crippen LogP contribution in [0.4, 0.5) is 5.82 Å². The van der Waals surface area contributed by atoms with E-state index in [9.17, 15) is 8.42 Å². The fourth-order valence-electron chi connectivity index (χ4n) is 2.73. The van der Waals surface area contributed by atoms with E-state index >= 15 is 0 Å². The molecular formula is C19H24N6O3S. The van der Waals surface area contributed by atoms with Crippen LogP contribution in [0.25, 0.3) is 5.82 Å². The second-order valence-electron chi connectivity index (χ2n) is 6.29. The molecule has 0 atom stereocenters. The molecule has 29 heavy (non-hydrogen) atoms. The van der Waals surface area contributed by atoms with Crippen molar-refractivity contribution >= 4 is 15.8 Å². The monoisotopic (exact) mass is 416 g/mol. The Morgan fingerprint density at radius 1 is 1.14 bits per heavy atom. The molecule has 0 radical (unpaired) electrons. The summed E-state index contributed by atoms with van der Waals surface area (Å²) in [4.78, 5) is 8.87. The fourth-order valence-corrected chi connectivity index (χ4v) is 3.85. The van der Waals surface area contributed by atoms with E-state index in [2.05, 4.69) is 25.1 Å². The van der Waals surface area contributed by atoms with Crippen LogP contribution in [-0.4, -0.2) is 47.9 Å². The third-order valence-corrected chi connectivity index (χ3v) is 5.50. The van der Waals surface area contributed by atoms with Crippen LogP contribution < -0.4 is 14.8 Å². The van der Waals surface area contributed by atoms with Gasteiger partial charge in [0, 0.05) is 31.5 Å². The van der Waals surface area contributed by atoms with E-state index in [1.54, 1.807) is 42.2 Å². The molecule has 9 nitrogen and oxygen atoms in total. The molecule has 0 aliphatic heterocycles. The van der Waals surface area contributed by atoms with E-state index < -0.39 is 10.0 Å². The fraction of sp³-hybridized carbons (Fsp3) is 0.316. The molecule has 0 aliphatic carbocycles. The molecule has 0 saturated heterocycles. The molecule has 2 heterocycles. The smallest absolute Gasteiger partial charge is 0.240 e. The number of anilines is 1. The first kappa shape index (κ1) is 20.7. The van der Waals surface area contributed by atoms with Gasteiger partial charge in [0.15, 0.2) is 5.82 Å². The number of hydrogen-bond donors (Lipinski definition) is 2. The van der Waals surface area contributed by atoms with Crippen molar-refractivity contribution in [2.75, 3.05) is 25.0 Å². The predicted molar refractivity (Wildman–Crippen MR) is 110 cm³/mol. The number of rotatable bonds is 9. The normalized spacial score (nSPS) is 11.4. The Labute approximate surface area is 170 Å². The van der Waals surface area contributed by atoms with Gasteiger partial charge in [-0.05, 0) is 50.6 Å². The topological polar surface area (TPSA) is 111 Å². The van der Waals surface area contributed by atoms with E-state index in [4.69, 9.17) is 4.74 Å². The van der Waals surface area contributed by atoms with Crippen molar-refractivity contribution in [3.8, 4) is 11.6 Å². The first-order chi connectivity index (χ1) is 13.9. The molecule has 0 fully saturated rings. The van der Waals surface area contributed by atoms with Crippen molar-refractivity contribution in [1.82, 2.24) is 24.5 Å². The van der Waals surface area contributed by atoms with Gasteiger partial charge in [-0.25, -0.2) is 27.8 Å². The van der Waals surface area contributed by atoms with Gasteiger partial charge in [0.2, 0.25) is 10.0 Å². The molecule has 10 heteroatoms. The van der Waals surface area contributed by atoms with Gasteiger partial charge in [-0.2, -0.15) is 5.10 Å². The zero-order valence-corrected chi connectivity index (χ0v) is 17.4. The molecule has 0 unspecified atom stereocenters. The van der Waals surface area contributed by atoms with Crippen LogP contribution in [0, 0.1) is 13.8 Å². The molecule has 3 rings (SSSR count). The first-order valence-electron chi connectivity index (χ1n) is 9.22. The predicted octanol–water partition coefficient (Wildman–Crippen LogP) is 2.07. The average molecular weight is 417 g/mol. The second-order valence-corrected chi connectivity index (χ2v) is 8.06. The van der Waals surface area contributed by atoms with Gasteiger partial charge >= 0.3 is 0 Å². The van der Waals surface area contributed by atoms with Gasteiger partial charge < -0.3 is 10.1 Å². The minimum atomic E-state index is -3.61. The molecule has 0 spiro atoms. The zero-order chi connectivity index (χ0) is 20.9. The van der Waals surface area contributed by atoms with E-state index in [0.717, 1.165) is 5.56 Å². The molecule has 0 saturated carbocycles. The van der Waals surface area contributed by atoms with E-state index in [-0.39, 0.29) is 11.4 Å². The molecule has 2 aromatic heterocycles. The Bertz CT molecular complexity index is 1070. The summed E-state index contributed by atoms with van der Waals surface area (Å²) in [7, 11) is -3.61. The van der Waals surface area contributed by atoms with Crippen LogP contribution in [-0.2, 0) is 10.0 Å². The summed E-state index contributed by atoms with van der Waals surface area (Å²) >= 11 is 0. The summed E-state index contributed by atoms with van der Waals surface area (Å²) in [5.74, 6) is 2.50. The third kappa shape index (κ3) is 5.30. The van der Waals surface area contributed by atoms with E-state index in [0.29, 0.717) is 36.4 Å². The quantitative estimate of drug-likeness (QED) is 0.514. The summed E-state index contributed by atoms with van der Waals surface area (Å²) in [5, 5.41) is 7.26. The largest absolute Gasteiger partial charge is 0.494 e. The molecule has 1 aromatic carbocycles. The van der Waals surface area contributed by atoms with Crippen molar-refractivity contribution < 1.29 is 13.2 Å². The average Bonchev–Trinajstić information content (AvgIpc) is 3.21. The molecular weight excluding hydrogens is 392 g/mol. The maximum Gasteiger partial charge on any atom is 0.240 e. The molecule has 154 valence electrons. The minimum absolute atomic E-state index is 0.203. The molecule has 0 aliphatic rings. The van der Waals surface area contributed by atoms with Crippen LogP contribution in [0.15, 0.2) is 47.6 Å². The summed E-state index contributed by atoms with van der Waals surface area (Å²) in [6.45, 7) is 6.59. The summed E-state index contributed by atoms with van der Waals surface area (Å²) in [6.07, 6.45) is 3.46. The van der Waals surface area contributed by atoms with Crippen molar-refractivity contribution in [2.45, 2.75) is 25.7 Å². The molecule has 3 aromatic rings. The number of sulfonamides is 1. The Hall–Kier alpha value is -2.98. The maximum absolute atomic E-state index is 12.5. The van der Waals surface area contributed by atoms with Gasteiger partial charge in [0.25, 0.3) is 0 Å². The van der Waals surface area contributed by atoms with Crippen molar-refractivity contribution in [1.29, 1.82) is 0 Å². The first-order valence-corrected chi connectivity index (χ1v) is 10.7. The Balaban J connectivity index is 1.59. The number of ether oxygens (including phenoxy) is 1. The van der Waals surface area contributed by atoms with Crippen molar-refractivity contribution in [2.24, 2.45) is 0 Å². The van der Waals surface area contributed by atoms with Crippen LogP contribution in [0.5, 0.6) is 5.75 Å². The number of hydrogen-bond acceptors (Lipinski definition) is 7. The van der Waals surface area contributed by atoms with E-state index in [1.807, 2.05) is 19.9 Å². The highest BCUT2D eigenvalue weighted by Crippen LogP contribution is 2.21. The van der Waals surface area contributed by atoms with Crippen molar-refractivity contribution in [3.05, 3.63) is 54.1 Å². The van der Waals surface area contributed by atoms with Crippen LogP contribution in [0.1, 0.15) is 18.3 Å². The lowest BCUT2D eigenvalue weighted by atomic mass is 10.2. The molecule has 0 amide bonds. The van der Waals surface area contributed by atoms with Gasteiger partial charge in [-0.3, -0.25) is 0 Å². The number of nitrogens with one attached hydrogen (secondary N) is 2. The lowest BCUT2D eigenvalue weighted by Crippen LogP contribution is -2.29. The highest BCUT2D eigenvalue weighted by Gasteiger charge is 2.15. The SMILES string of the molecule is CCOc1ccc(S(=O)(=O)NCCNc2cc(-n3cccn3)nc(C)n2)cc1C. The van der Waals surface area contributed by atoms with Crippen LogP contribution >= 0.6 is 0 Å². The van der Waals surface area contributed by atoms with Crippen LogP contribution in [0.3, 0.4) is 0 Å². The van der Waals surface area contributed by atoms with Gasteiger partial charge in [-0.1, -0.05) is 0 Å². The Morgan fingerprint density at radius 3 is 2.66 bits per heavy atom. The Kier molecular flexibility index (Phi) is 6.45. The van der Waals surface area contributed by atoms with Gasteiger partial charge in [0.05, 0.1) is 11.5 Å². The van der Waals surface area contributed by atoms with E-state index in [1.165, 1.54) is 6.07 Å². The second kappa shape index (κ2) is 9.01. The van der Waals surface area contributed by atoms with Gasteiger partial charge in [-0.15, -0.1) is 0 Å². The minimum Gasteiger partial charge on any atom is -0.494 e. The number of nitrogens with zero attached hydrogens (tertiary/aromatic N) is 4. The number of aryl methyl sites for hydroxylation is 2. The zero-order valence-electron chi connectivity index (χ0n) is 16.6. The lowest BCUT2D eigenvalue weighted by Gasteiger charge is -2.12. The highest BCUT2D eigenvalue weighted by molar-refractivity contribution is 7.89. The molecule has 2 N–H and O–H groups in total. The number of benzene rings is 1. The lowest BCUT2D eigenvalue weighted by molar-refractivity contribution is 0.337. The van der Waals surface area contributed by atoms with Crippen LogP contribution in [0.2, 0.25) is 0 Å². The van der Waals surface area contributed by atoms with Gasteiger partial charge in [0.1, 0.15) is 17.4 Å². The number of aromatic nitrogens is 4. The maximum atomic E-state index is 12.5. The van der Waals surface area contributed by atoms with Crippen molar-refractivity contribution in [3.63, 3.8) is 0 Å². The third-order valence-electron chi connectivity index (χ3n) is 4.04. The standard InChI is InChI=1S/C19H24N6O3S/c1-4-28-17-7-6-16(12-14(17)2)29(26,27)22-10-9-20-18-13-19(24-15(3)23-18)25-11-5-8-21-25/h5-8,11-13,22H,4,9-10H2,1-3H3,(H,20,23,24).